The molecule has 1 fully saturated rings. The fourth-order valence-corrected chi connectivity index (χ4v) is 5.52. The van der Waals surface area contributed by atoms with E-state index in [4.69, 9.17) is 14.5 Å². The molecule has 1 aliphatic rings. The van der Waals surface area contributed by atoms with Gasteiger partial charge in [-0.1, -0.05) is 23.9 Å². The van der Waals surface area contributed by atoms with Crippen LogP contribution in [0.15, 0.2) is 53.7 Å². The zero-order valence-corrected chi connectivity index (χ0v) is 18.3. The van der Waals surface area contributed by atoms with Gasteiger partial charge in [-0.2, -0.15) is 0 Å². The Morgan fingerprint density at radius 1 is 1.17 bits per heavy atom. The van der Waals surface area contributed by atoms with E-state index in [9.17, 15) is 0 Å². The zero-order valence-electron chi connectivity index (χ0n) is 16.7. The highest BCUT2D eigenvalue weighted by molar-refractivity contribution is 7.98. The molecular formula is C22H22N4O2S2. The molecule has 0 N–H and O–H groups in total. The minimum atomic E-state index is 0.208. The van der Waals surface area contributed by atoms with Gasteiger partial charge in [-0.05, 0) is 49.2 Å². The summed E-state index contributed by atoms with van der Waals surface area (Å²) in [6.45, 7) is 1.59. The van der Waals surface area contributed by atoms with Crippen LogP contribution in [0.5, 0.6) is 5.75 Å². The largest absolute Gasteiger partial charge is 0.497 e. The van der Waals surface area contributed by atoms with Crippen molar-refractivity contribution in [2.75, 3.05) is 13.7 Å². The smallest absolute Gasteiger partial charge is 0.191 e. The second-order valence-corrected chi connectivity index (χ2v) is 9.20. The minimum Gasteiger partial charge on any atom is -0.497 e. The zero-order chi connectivity index (χ0) is 20.3. The molecule has 0 bridgehead atoms. The molecular weight excluding hydrogens is 416 g/mol. The summed E-state index contributed by atoms with van der Waals surface area (Å²) in [7, 11) is 1.67. The van der Waals surface area contributed by atoms with Gasteiger partial charge in [-0.15, -0.1) is 21.5 Å². The number of para-hydroxylation sites is 1. The van der Waals surface area contributed by atoms with Crippen LogP contribution >= 0.6 is 23.1 Å². The molecule has 1 saturated heterocycles. The summed E-state index contributed by atoms with van der Waals surface area (Å²) in [4.78, 5) is 4.75. The molecule has 2 aromatic carbocycles. The number of thioether (sulfide) groups is 1. The van der Waals surface area contributed by atoms with Gasteiger partial charge in [-0.3, -0.25) is 4.57 Å². The summed E-state index contributed by atoms with van der Waals surface area (Å²) in [5.41, 5.74) is 2.07. The number of aromatic nitrogens is 4. The monoisotopic (exact) mass is 438 g/mol. The maximum atomic E-state index is 5.90. The molecule has 1 unspecified atom stereocenters. The van der Waals surface area contributed by atoms with Crippen LogP contribution in [0.4, 0.5) is 0 Å². The van der Waals surface area contributed by atoms with Crippen molar-refractivity contribution in [2.45, 2.75) is 36.4 Å². The van der Waals surface area contributed by atoms with E-state index in [1.807, 2.05) is 30.3 Å². The Morgan fingerprint density at radius 2 is 2.03 bits per heavy atom. The first-order valence-corrected chi connectivity index (χ1v) is 11.8. The van der Waals surface area contributed by atoms with Crippen molar-refractivity contribution in [1.29, 1.82) is 0 Å². The molecule has 0 spiro atoms. The fourth-order valence-electron chi connectivity index (χ4n) is 3.61. The van der Waals surface area contributed by atoms with Crippen molar-refractivity contribution >= 4 is 33.3 Å². The van der Waals surface area contributed by atoms with Gasteiger partial charge in [0.2, 0.25) is 0 Å². The maximum absolute atomic E-state index is 5.90. The number of benzene rings is 2. The molecule has 2 aromatic heterocycles. The summed E-state index contributed by atoms with van der Waals surface area (Å²) in [5.74, 6) is 2.46. The van der Waals surface area contributed by atoms with E-state index in [1.54, 1.807) is 30.2 Å². The highest BCUT2D eigenvalue weighted by Gasteiger charge is 2.22. The van der Waals surface area contributed by atoms with Crippen LogP contribution in [-0.4, -0.2) is 39.6 Å². The summed E-state index contributed by atoms with van der Waals surface area (Å²) >= 11 is 3.41. The first-order chi connectivity index (χ1) is 14.8. The van der Waals surface area contributed by atoms with Gasteiger partial charge in [0.15, 0.2) is 11.0 Å². The molecule has 0 amide bonds. The van der Waals surface area contributed by atoms with Gasteiger partial charge < -0.3 is 9.47 Å². The Balaban J connectivity index is 1.41. The van der Waals surface area contributed by atoms with E-state index < -0.39 is 0 Å². The molecule has 5 rings (SSSR count). The van der Waals surface area contributed by atoms with Crippen molar-refractivity contribution < 1.29 is 9.47 Å². The summed E-state index contributed by atoms with van der Waals surface area (Å²) in [5, 5.41) is 11.0. The first-order valence-electron chi connectivity index (χ1n) is 9.96. The Morgan fingerprint density at radius 3 is 2.80 bits per heavy atom. The lowest BCUT2D eigenvalue weighted by Crippen LogP contribution is -2.16. The SMILES string of the molecule is COc1ccc(-c2nnc(SCc3nc4ccccc4s3)n2CC2CCCO2)cc1. The fraction of sp³-hybridized carbons (Fsp3) is 0.318. The van der Waals surface area contributed by atoms with Crippen LogP contribution in [0.25, 0.3) is 21.6 Å². The molecule has 3 heterocycles. The van der Waals surface area contributed by atoms with E-state index >= 15 is 0 Å². The van der Waals surface area contributed by atoms with E-state index in [1.165, 1.54) is 4.70 Å². The number of nitrogens with zero attached hydrogens (tertiary/aromatic N) is 4. The maximum Gasteiger partial charge on any atom is 0.191 e. The first kappa shape index (κ1) is 19.5. The standard InChI is InChI=1S/C22H22N4O2S2/c1-27-16-10-8-15(9-11-16)21-24-25-22(26(21)13-17-5-4-12-28-17)29-14-20-23-18-6-2-3-7-19(18)30-20/h2-3,6-11,17H,4-5,12-14H2,1H3. The van der Waals surface area contributed by atoms with Gasteiger partial charge in [0.1, 0.15) is 10.8 Å². The lowest BCUT2D eigenvalue weighted by Gasteiger charge is -2.14. The molecule has 4 aromatic rings. The molecule has 1 aliphatic heterocycles. The molecule has 0 saturated carbocycles. The lowest BCUT2D eigenvalue weighted by atomic mass is 10.2. The van der Waals surface area contributed by atoms with E-state index in [0.717, 1.165) is 64.6 Å². The van der Waals surface area contributed by atoms with Crippen molar-refractivity contribution in [3.05, 3.63) is 53.5 Å². The molecule has 1 atom stereocenters. The Kier molecular flexibility index (Phi) is 5.70. The van der Waals surface area contributed by atoms with Crippen LogP contribution in [0, 0.1) is 0 Å². The van der Waals surface area contributed by atoms with Crippen LogP contribution in [0.2, 0.25) is 0 Å². The quantitative estimate of drug-likeness (QED) is 0.377. The van der Waals surface area contributed by atoms with Gasteiger partial charge in [0.05, 0.1) is 35.7 Å². The third-order valence-corrected chi connectivity index (χ3v) is 7.34. The van der Waals surface area contributed by atoms with E-state index in [0.29, 0.717) is 0 Å². The molecule has 6 nitrogen and oxygen atoms in total. The van der Waals surface area contributed by atoms with E-state index in [2.05, 4.69) is 33.0 Å². The second kappa shape index (κ2) is 8.75. The van der Waals surface area contributed by atoms with Gasteiger partial charge in [-0.25, -0.2) is 4.98 Å². The number of hydrogen-bond acceptors (Lipinski definition) is 7. The van der Waals surface area contributed by atoms with Crippen molar-refractivity contribution in [3.63, 3.8) is 0 Å². The van der Waals surface area contributed by atoms with Gasteiger partial charge >= 0.3 is 0 Å². The number of hydrogen-bond donors (Lipinski definition) is 0. The summed E-state index contributed by atoms with van der Waals surface area (Å²) < 4.78 is 14.6. The predicted molar refractivity (Wildman–Crippen MR) is 120 cm³/mol. The number of thiazole rings is 1. The van der Waals surface area contributed by atoms with Crippen molar-refractivity contribution in [1.82, 2.24) is 19.7 Å². The average molecular weight is 439 g/mol. The molecule has 0 radical (unpaired) electrons. The highest BCUT2D eigenvalue weighted by atomic mass is 32.2. The number of rotatable bonds is 7. The summed E-state index contributed by atoms with van der Waals surface area (Å²) in [6.07, 6.45) is 2.39. The Bertz CT molecular complexity index is 1100. The molecule has 0 aliphatic carbocycles. The average Bonchev–Trinajstić information content (AvgIpc) is 3.52. The minimum absolute atomic E-state index is 0.208. The van der Waals surface area contributed by atoms with Gasteiger partial charge in [0, 0.05) is 12.2 Å². The topological polar surface area (TPSA) is 62.1 Å². The highest BCUT2D eigenvalue weighted by Crippen LogP contribution is 2.31. The molecule has 8 heteroatoms. The normalized spacial score (nSPS) is 16.4. The second-order valence-electron chi connectivity index (χ2n) is 7.14. The van der Waals surface area contributed by atoms with Crippen LogP contribution < -0.4 is 4.74 Å². The van der Waals surface area contributed by atoms with Crippen molar-refractivity contribution in [3.8, 4) is 17.1 Å². The van der Waals surface area contributed by atoms with Crippen molar-refractivity contribution in [2.24, 2.45) is 0 Å². The predicted octanol–water partition coefficient (Wildman–Crippen LogP) is 5.03. The number of fused-ring (bicyclic) bond motifs is 1. The van der Waals surface area contributed by atoms with Gasteiger partial charge in [0.25, 0.3) is 0 Å². The van der Waals surface area contributed by atoms with Crippen LogP contribution in [-0.2, 0) is 17.0 Å². The third-order valence-electron chi connectivity index (χ3n) is 5.14. The van der Waals surface area contributed by atoms with E-state index in [-0.39, 0.29) is 6.10 Å². The van der Waals surface area contributed by atoms with Crippen LogP contribution in [0.3, 0.4) is 0 Å². The molecule has 154 valence electrons. The Hall–Kier alpha value is -2.42. The summed E-state index contributed by atoms with van der Waals surface area (Å²) in [6, 6.07) is 16.2. The third kappa shape index (κ3) is 4.08. The number of ether oxygens (including phenoxy) is 2. The Labute approximate surface area is 183 Å². The molecule has 30 heavy (non-hydrogen) atoms. The number of methoxy groups -OCH3 is 1. The lowest BCUT2D eigenvalue weighted by molar-refractivity contribution is 0.0953. The van der Waals surface area contributed by atoms with Crippen LogP contribution in [0.1, 0.15) is 17.8 Å².